The Labute approximate surface area is 175 Å². The van der Waals surface area contributed by atoms with Gasteiger partial charge in [0.15, 0.2) is 0 Å². The van der Waals surface area contributed by atoms with E-state index in [0.29, 0.717) is 6.61 Å². The van der Waals surface area contributed by atoms with Crippen LogP contribution in [0.15, 0.2) is 36.4 Å². The van der Waals surface area contributed by atoms with Crippen LogP contribution in [0.3, 0.4) is 0 Å². The number of nitro benzene ring substituents is 1. The molecule has 0 saturated carbocycles. The van der Waals surface area contributed by atoms with Gasteiger partial charge in [-0.15, -0.1) is 0 Å². The van der Waals surface area contributed by atoms with Gasteiger partial charge in [-0.25, -0.2) is 0 Å². The van der Waals surface area contributed by atoms with Crippen LogP contribution in [0.25, 0.3) is 0 Å². The lowest BCUT2D eigenvalue weighted by Gasteiger charge is -2.17. The molecular formula is C20H16ClN3O6. The van der Waals surface area contributed by atoms with Crippen molar-refractivity contribution in [2.45, 2.75) is 18.9 Å². The maximum atomic E-state index is 12.7. The molecule has 4 rings (SSSR count). The number of amides is 3. The third-order valence-corrected chi connectivity index (χ3v) is 5.37. The zero-order valence-electron chi connectivity index (χ0n) is 15.6. The molecule has 0 aliphatic carbocycles. The number of carbonyl (C=O) groups excluding carboxylic acids is 3. The smallest absolute Gasteiger partial charge is 0.271 e. The molecule has 2 aliphatic rings. The zero-order chi connectivity index (χ0) is 21.4. The highest BCUT2D eigenvalue weighted by Gasteiger charge is 2.38. The molecule has 1 N–H and O–H groups in total. The fraction of sp³-hybridized carbons (Fsp3) is 0.250. The van der Waals surface area contributed by atoms with Crippen molar-refractivity contribution in [3.05, 3.63) is 68.2 Å². The minimum atomic E-state index is -0.594. The molecule has 1 fully saturated rings. The van der Waals surface area contributed by atoms with E-state index in [1.54, 1.807) is 0 Å². The van der Waals surface area contributed by atoms with Crippen molar-refractivity contribution in [1.82, 2.24) is 4.90 Å². The molecule has 0 spiro atoms. The Morgan fingerprint density at radius 2 is 1.97 bits per heavy atom. The first-order valence-corrected chi connectivity index (χ1v) is 9.60. The number of ether oxygens (including phenoxy) is 1. The van der Waals surface area contributed by atoms with E-state index in [1.807, 2.05) is 0 Å². The highest BCUT2D eigenvalue weighted by molar-refractivity contribution is 6.34. The SMILES string of the molecule is O=C(Nc1ccc([N+](=O)[O-])cc1Cl)c1ccc2c(c1)C(=O)N(C[C@@H]1CCCO1)C2=O. The first kappa shape index (κ1) is 20.0. The van der Waals surface area contributed by atoms with E-state index < -0.39 is 22.6 Å². The Kier molecular flexibility index (Phi) is 5.23. The number of nitrogens with zero attached hydrogens (tertiary/aromatic N) is 2. The van der Waals surface area contributed by atoms with Gasteiger partial charge in [-0.05, 0) is 37.1 Å². The molecule has 1 saturated heterocycles. The van der Waals surface area contributed by atoms with E-state index in [-0.39, 0.29) is 45.7 Å². The summed E-state index contributed by atoms with van der Waals surface area (Å²) in [5.41, 5.74) is 0.535. The highest BCUT2D eigenvalue weighted by atomic mass is 35.5. The molecule has 10 heteroatoms. The van der Waals surface area contributed by atoms with Crippen LogP contribution in [0.2, 0.25) is 5.02 Å². The first-order valence-electron chi connectivity index (χ1n) is 9.22. The largest absolute Gasteiger partial charge is 0.376 e. The van der Waals surface area contributed by atoms with Crippen LogP contribution in [-0.2, 0) is 4.74 Å². The molecule has 9 nitrogen and oxygen atoms in total. The molecule has 0 radical (unpaired) electrons. The molecule has 30 heavy (non-hydrogen) atoms. The number of hydrogen-bond donors (Lipinski definition) is 1. The van der Waals surface area contributed by atoms with Crippen molar-refractivity contribution in [2.24, 2.45) is 0 Å². The lowest BCUT2D eigenvalue weighted by atomic mass is 10.1. The van der Waals surface area contributed by atoms with Crippen molar-refractivity contribution in [1.29, 1.82) is 0 Å². The number of benzene rings is 2. The normalized spacial score (nSPS) is 17.9. The second-order valence-electron chi connectivity index (χ2n) is 6.99. The van der Waals surface area contributed by atoms with E-state index in [4.69, 9.17) is 16.3 Å². The van der Waals surface area contributed by atoms with Crippen LogP contribution in [0.1, 0.15) is 43.9 Å². The number of nitrogens with one attached hydrogen (secondary N) is 1. The Balaban J connectivity index is 1.53. The van der Waals surface area contributed by atoms with Crippen LogP contribution in [0.5, 0.6) is 0 Å². The number of halogens is 1. The minimum Gasteiger partial charge on any atom is -0.376 e. The zero-order valence-corrected chi connectivity index (χ0v) is 16.3. The summed E-state index contributed by atoms with van der Waals surface area (Å²) < 4.78 is 5.51. The van der Waals surface area contributed by atoms with Gasteiger partial charge < -0.3 is 10.1 Å². The number of anilines is 1. The Morgan fingerprint density at radius 3 is 2.63 bits per heavy atom. The number of hydrogen-bond acceptors (Lipinski definition) is 6. The van der Waals surface area contributed by atoms with E-state index in [2.05, 4.69) is 5.32 Å². The molecule has 0 bridgehead atoms. The average Bonchev–Trinajstić information content (AvgIpc) is 3.32. The summed E-state index contributed by atoms with van der Waals surface area (Å²) in [6.07, 6.45) is 1.51. The fourth-order valence-corrected chi connectivity index (χ4v) is 3.73. The first-order chi connectivity index (χ1) is 14.3. The Morgan fingerprint density at radius 1 is 1.20 bits per heavy atom. The van der Waals surface area contributed by atoms with E-state index in [0.717, 1.165) is 23.8 Å². The molecule has 154 valence electrons. The maximum Gasteiger partial charge on any atom is 0.271 e. The second kappa shape index (κ2) is 7.85. The van der Waals surface area contributed by atoms with Gasteiger partial charge in [-0.3, -0.25) is 29.4 Å². The van der Waals surface area contributed by atoms with Crippen LogP contribution in [0.4, 0.5) is 11.4 Å². The number of fused-ring (bicyclic) bond motifs is 1. The van der Waals surface area contributed by atoms with Crippen LogP contribution < -0.4 is 5.32 Å². The van der Waals surface area contributed by atoms with E-state index in [9.17, 15) is 24.5 Å². The van der Waals surface area contributed by atoms with Gasteiger partial charge in [0.05, 0.1) is 39.4 Å². The summed E-state index contributed by atoms with van der Waals surface area (Å²) in [6.45, 7) is 0.801. The molecule has 2 aromatic carbocycles. The highest BCUT2D eigenvalue weighted by Crippen LogP contribution is 2.29. The van der Waals surface area contributed by atoms with E-state index in [1.165, 1.54) is 30.3 Å². The monoisotopic (exact) mass is 429 g/mol. The van der Waals surface area contributed by atoms with Gasteiger partial charge in [-0.2, -0.15) is 0 Å². The standard InChI is InChI=1S/C20H16ClN3O6/c21-16-9-12(24(28)29)4-6-17(16)22-18(25)11-3-5-14-15(8-11)20(27)23(19(14)26)10-13-2-1-7-30-13/h3-6,8-9,13H,1-2,7,10H2,(H,22,25)/t13-/m0/s1. The molecule has 2 aromatic rings. The van der Waals surface area contributed by atoms with Crippen LogP contribution in [0, 0.1) is 10.1 Å². The number of imide groups is 1. The van der Waals surface area contributed by atoms with Crippen molar-refractivity contribution < 1.29 is 24.0 Å². The number of rotatable bonds is 5. The summed E-state index contributed by atoms with van der Waals surface area (Å²) >= 11 is 6.00. The fourth-order valence-electron chi connectivity index (χ4n) is 3.50. The quantitative estimate of drug-likeness (QED) is 0.442. The predicted molar refractivity (Wildman–Crippen MR) is 107 cm³/mol. The average molecular weight is 430 g/mol. The Bertz CT molecular complexity index is 1080. The van der Waals surface area contributed by atoms with Gasteiger partial charge in [0.25, 0.3) is 23.4 Å². The lowest BCUT2D eigenvalue weighted by molar-refractivity contribution is -0.384. The number of carbonyl (C=O) groups is 3. The van der Waals surface area contributed by atoms with Gasteiger partial charge in [0, 0.05) is 24.3 Å². The summed E-state index contributed by atoms with van der Waals surface area (Å²) in [6, 6.07) is 7.91. The van der Waals surface area contributed by atoms with Crippen LogP contribution in [-0.4, -0.2) is 46.8 Å². The van der Waals surface area contributed by atoms with Crippen LogP contribution >= 0.6 is 11.6 Å². The summed E-state index contributed by atoms with van der Waals surface area (Å²) in [7, 11) is 0. The van der Waals surface area contributed by atoms with Crippen molar-refractivity contribution in [2.75, 3.05) is 18.5 Å². The number of non-ortho nitro benzene ring substituents is 1. The van der Waals surface area contributed by atoms with Crippen molar-refractivity contribution >= 4 is 40.7 Å². The predicted octanol–water partition coefficient (Wildman–Crippen LogP) is 3.28. The van der Waals surface area contributed by atoms with Crippen molar-refractivity contribution in [3.8, 4) is 0 Å². The second-order valence-corrected chi connectivity index (χ2v) is 7.40. The molecule has 0 unspecified atom stereocenters. The van der Waals surface area contributed by atoms with Gasteiger partial charge >= 0.3 is 0 Å². The topological polar surface area (TPSA) is 119 Å². The maximum absolute atomic E-state index is 12.7. The lowest BCUT2D eigenvalue weighted by Crippen LogP contribution is -2.36. The summed E-state index contributed by atoms with van der Waals surface area (Å²) in [4.78, 5) is 49.2. The third-order valence-electron chi connectivity index (χ3n) is 5.05. The van der Waals surface area contributed by atoms with Gasteiger partial charge in [0.2, 0.25) is 0 Å². The van der Waals surface area contributed by atoms with Crippen molar-refractivity contribution in [3.63, 3.8) is 0 Å². The summed E-state index contributed by atoms with van der Waals surface area (Å²) in [5, 5.41) is 13.4. The summed E-state index contributed by atoms with van der Waals surface area (Å²) in [5.74, 6) is -1.43. The van der Waals surface area contributed by atoms with Gasteiger partial charge in [0.1, 0.15) is 0 Å². The Hall–Kier alpha value is -3.30. The molecular weight excluding hydrogens is 414 g/mol. The molecule has 2 heterocycles. The molecule has 3 amide bonds. The molecule has 1 atom stereocenters. The number of nitro groups is 1. The minimum absolute atomic E-state index is 0.00713. The third kappa shape index (κ3) is 3.64. The van der Waals surface area contributed by atoms with E-state index >= 15 is 0 Å². The molecule has 2 aliphatic heterocycles. The van der Waals surface area contributed by atoms with Gasteiger partial charge in [-0.1, -0.05) is 11.6 Å². The molecule has 0 aromatic heterocycles.